The summed E-state index contributed by atoms with van der Waals surface area (Å²) in [7, 11) is 1.64. The molecule has 6 nitrogen and oxygen atoms in total. The quantitative estimate of drug-likeness (QED) is 0.790. The van der Waals surface area contributed by atoms with Crippen molar-refractivity contribution < 1.29 is 9.26 Å². The predicted molar refractivity (Wildman–Crippen MR) is 62.6 cm³/mol. The molecule has 0 bridgehead atoms. The Hall–Kier alpha value is -1.95. The van der Waals surface area contributed by atoms with Crippen LogP contribution in [0, 0.1) is 6.92 Å². The molecule has 17 heavy (non-hydrogen) atoms. The molecule has 0 spiro atoms. The minimum atomic E-state index is 0.389. The minimum absolute atomic E-state index is 0.389. The van der Waals surface area contributed by atoms with E-state index in [9.17, 15) is 0 Å². The summed E-state index contributed by atoms with van der Waals surface area (Å²) in [5, 5.41) is 6.87. The molecule has 0 saturated carbocycles. The fourth-order valence-electron chi connectivity index (χ4n) is 1.36. The predicted octanol–water partition coefficient (Wildman–Crippen LogP) is 1.50. The second-order valence-electron chi connectivity index (χ2n) is 3.53. The number of anilines is 1. The molecule has 1 N–H and O–H groups in total. The monoisotopic (exact) mass is 234 g/mol. The van der Waals surface area contributed by atoms with Crippen LogP contribution in [-0.4, -0.2) is 35.4 Å². The van der Waals surface area contributed by atoms with Gasteiger partial charge in [-0.15, -0.1) is 0 Å². The third-order valence-electron chi connectivity index (χ3n) is 2.29. The van der Waals surface area contributed by atoms with Gasteiger partial charge in [0.2, 0.25) is 5.82 Å². The van der Waals surface area contributed by atoms with Crippen LogP contribution >= 0.6 is 0 Å². The molecule has 0 atom stereocenters. The summed E-state index contributed by atoms with van der Waals surface area (Å²) in [6.45, 7) is 3.19. The lowest BCUT2D eigenvalue weighted by atomic mass is 10.1. The van der Waals surface area contributed by atoms with Gasteiger partial charge in [0.1, 0.15) is 0 Å². The summed E-state index contributed by atoms with van der Waals surface area (Å²) < 4.78 is 9.98. The highest BCUT2D eigenvalue weighted by molar-refractivity contribution is 5.58. The molecule has 0 fully saturated rings. The molecule has 0 aliphatic heterocycles. The van der Waals surface area contributed by atoms with Crippen molar-refractivity contribution in [3.63, 3.8) is 0 Å². The Morgan fingerprint density at radius 3 is 3.12 bits per heavy atom. The van der Waals surface area contributed by atoms with Crippen LogP contribution in [0.15, 0.2) is 23.0 Å². The topological polar surface area (TPSA) is 73.1 Å². The average molecular weight is 234 g/mol. The van der Waals surface area contributed by atoms with Crippen LogP contribution in [0.3, 0.4) is 0 Å². The van der Waals surface area contributed by atoms with Crippen molar-refractivity contribution in [3.8, 4) is 11.4 Å². The Morgan fingerprint density at radius 2 is 2.35 bits per heavy atom. The molecule has 0 unspecified atom stereocenters. The Morgan fingerprint density at radius 1 is 1.47 bits per heavy atom. The molecule has 2 aromatic heterocycles. The third kappa shape index (κ3) is 2.79. The lowest BCUT2D eigenvalue weighted by Crippen LogP contribution is -2.07. The fraction of sp³-hybridized carbons (Fsp3) is 0.364. The van der Waals surface area contributed by atoms with Crippen molar-refractivity contribution in [1.82, 2.24) is 15.1 Å². The first-order valence-electron chi connectivity index (χ1n) is 5.29. The molecule has 2 heterocycles. The van der Waals surface area contributed by atoms with Crippen molar-refractivity contribution >= 4 is 6.01 Å². The van der Waals surface area contributed by atoms with E-state index in [1.807, 2.05) is 13.0 Å². The maximum absolute atomic E-state index is 5.07. The van der Waals surface area contributed by atoms with Crippen molar-refractivity contribution in [2.45, 2.75) is 6.92 Å². The molecular weight excluding hydrogens is 220 g/mol. The van der Waals surface area contributed by atoms with E-state index >= 15 is 0 Å². The van der Waals surface area contributed by atoms with Crippen molar-refractivity contribution in [3.05, 3.63) is 24.0 Å². The summed E-state index contributed by atoms with van der Waals surface area (Å²) in [5.41, 5.74) is 1.93. The van der Waals surface area contributed by atoms with Crippen LogP contribution in [0.5, 0.6) is 0 Å². The molecule has 2 rings (SSSR count). The van der Waals surface area contributed by atoms with Gasteiger partial charge in [-0.05, 0) is 18.6 Å². The van der Waals surface area contributed by atoms with Crippen LogP contribution in [0.25, 0.3) is 11.4 Å². The molecule has 0 aromatic carbocycles. The highest BCUT2D eigenvalue weighted by atomic mass is 16.5. The molecule has 0 aliphatic rings. The highest BCUT2D eigenvalue weighted by Crippen LogP contribution is 2.19. The van der Waals surface area contributed by atoms with Crippen LogP contribution in [0.4, 0.5) is 6.01 Å². The average Bonchev–Trinajstić information content (AvgIpc) is 2.79. The zero-order chi connectivity index (χ0) is 12.1. The van der Waals surface area contributed by atoms with E-state index in [1.54, 1.807) is 19.5 Å². The molecule has 0 saturated heterocycles. The van der Waals surface area contributed by atoms with Gasteiger partial charge in [0.15, 0.2) is 0 Å². The van der Waals surface area contributed by atoms with Gasteiger partial charge in [0, 0.05) is 31.6 Å². The highest BCUT2D eigenvalue weighted by Gasteiger charge is 2.10. The van der Waals surface area contributed by atoms with Gasteiger partial charge in [-0.1, -0.05) is 5.16 Å². The smallest absolute Gasteiger partial charge is 0.321 e. The first-order valence-corrected chi connectivity index (χ1v) is 5.29. The number of nitrogens with zero attached hydrogens (tertiary/aromatic N) is 3. The molecule has 2 aromatic rings. The number of hydrogen-bond acceptors (Lipinski definition) is 6. The number of rotatable bonds is 5. The minimum Gasteiger partial charge on any atom is -0.383 e. The van der Waals surface area contributed by atoms with Crippen LogP contribution in [0.2, 0.25) is 0 Å². The van der Waals surface area contributed by atoms with Gasteiger partial charge >= 0.3 is 6.01 Å². The second-order valence-corrected chi connectivity index (χ2v) is 3.53. The van der Waals surface area contributed by atoms with E-state index in [2.05, 4.69) is 20.4 Å². The Kier molecular flexibility index (Phi) is 3.66. The van der Waals surface area contributed by atoms with E-state index in [-0.39, 0.29) is 0 Å². The van der Waals surface area contributed by atoms with Gasteiger partial charge in [-0.2, -0.15) is 4.98 Å². The molecule has 6 heteroatoms. The Bertz CT molecular complexity index is 484. The van der Waals surface area contributed by atoms with Gasteiger partial charge in [0.25, 0.3) is 0 Å². The molecule has 0 aliphatic carbocycles. The van der Waals surface area contributed by atoms with Gasteiger partial charge in [-0.25, -0.2) is 0 Å². The van der Waals surface area contributed by atoms with Crippen molar-refractivity contribution in [2.75, 3.05) is 25.6 Å². The van der Waals surface area contributed by atoms with Crippen molar-refractivity contribution in [1.29, 1.82) is 0 Å². The molecule has 90 valence electrons. The summed E-state index contributed by atoms with van der Waals surface area (Å²) in [5.74, 6) is 0.538. The Balaban J connectivity index is 2.10. The van der Waals surface area contributed by atoms with Crippen LogP contribution in [-0.2, 0) is 4.74 Å². The van der Waals surface area contributed by atoms with E-state index in [0.29, 0.717) is 25.0 Å². The largest absolute Gasteiger partial charge is 0.383 e. The first kappa shape index (κ1) is 11.5. The zero-order valence-corrected chi connectivity index (χ0v) is 9.80. The van der Waals surface area contributed by atoms with Crippen LogP contribution in [0.1, 0.15) is 5.56 Å². The zero-order valence-electron chi connectivity index (χ0n) is 9.80. The summed E-state index contributed by atoms with van der Waals surface area (Å²) in [6.07, 6.45) is 3.45. The number of aromatic nitrogens is 3. The number of hydrogen-bond donors (Lipinski definition) is 1. The number of aryl methyl sites for hydroxylation is 1. The number of pyridine rings is 1. The van der Waals surface area contributed by atoms with Gasteiger partial charge in [-0.3, -0.25) is 4.98 Å². The number of ether oxygens (including phenoxy) is 1. The van der Waals surface area contributed by atoms with Gasteiger partial charge in [0.05, 0.1) is 6.61 Å². The van der Waals surface area contributed by atoms with Gasteiger partial charge < -0.3 is 14.6 Å². The maximum Gasteiger partial charge on any atom is 0.321 e. The Labute approximate surface area is 99.0 Å². The summed E-state index contributed by atoms with van der Waals surface area (Å²) >= 11 is 0. The number of nitrogens with one attached hydrogen (secondary N) is 1. The second kappa shape index (κ2) is 5.40. The SMILES string of the molecule is COCCNc1nc(-c2cnccc2C)no1. The molecule has 0 radical (unpaired) electrons. The lowest BCUT2D eigenvalue weighted by molar-refractivity contribution is 0.210. The maximum atomic E-state index is 5.07. The molecule has 0 amide bonds. The van der Waals surface area contributed by atoms with E-state index in [0.717, 1.165) is 11.1 Å². The normalized spacial score (nSPS) is 10.5. The lowest BCUT2D eigenvalue weighted by Gasteiger charge is -1.98. The molecular formula is C11H14N4O2. The van der Waals surface area contributed by atoms with E-state index < -0.39 is 0 Å². The first-order chi connectivity index (χ1) is 8.31. The summed E-state index contributed by atoms with van der Waals surface area (Å²) in [4.78, 5) is 8.27. The van der Waals surface area contributed by atoms with E-state index in [1.165, 1.54) is 0 Å². The third-order valence-corrected chi connectivity index (χ3v) is 2.29. The van der Waals surface area contributed by atoms with E-state index in [4.69, 9.17) is 9.26 Å². The van der Waals surface area contributed by atoms with Crippen LogP contribution < -0.4 is 5.32 Å². The number of methoxy groups -OCH3 is 1. The standard InChI is InChI=1S/C11H14N4O2/c1-8-3-4-12-7-9(8)10-14-11(17-15-10)13-5-6-16-2/h3-4,7H,5-6H2,1-2H3,(H,13,14,15). The van der Waals surface area contributed by atoms with Crippen molar-refractivity contribution in [2.24, 2.45) is 0 Å². The fourth-order valence-corrected chi connectivity index (χ4v) is 1.36. The summed E-state index contributed by atoms with van der Waals surface area (Å²) in [6, 6.07) is 2.30.